The molecule has 0 radical (unpaired) electrons. The van der Waals surface area contributed by atoms with E-state index in [1.807, 2.05) is 43.5 Å². The second kappa shape index (κ2) is 8.13. The minimum Gasteiger partial charge on any atom is -0.450 e. The van der Waals surface area contributed by atoms with E-state index in [9.17, 15) is 4.79 Å². The molecule has 0 unspecified atom stereocenters. The van der Waals surface area contributed by atoms with Gasteiger partial charge in [0.1, 0.15) is 5.75 Å². The summed E-state index contributed by atoms with van der Waals surface area (Å²) in [5.74, 6) is 0.701. The fourth-order valence-corrected chi connectivity index (χ4v) is 3.23. The van der Waals surface area contributed by atoms with Crippen LogP contribution in [0.4, 0.5) is 10.7 Å². The van der Waals surface area contributed by atoms with Gasteiger partial charge in [-0.1, -0.05) is 12.1 Å². The lowest BCUT2D eigenvalue weighted by molar-refractivity contribution is 0.167. The number of amides is 1. The molecule has 0 aliphatic carbocycles. The monoisotopic (exact) mass is 384 g/mol. The standard InChI is InChI=1S/C19H20N4O3S/c1-4-25-19(24)22-18-21-14-7-5-6-8-15(14)23(18)17(20)26-13-9-10-16(27-3)12(2)11-13/h5-11,20H,4H2,1-3H3,(H,21,22,24). The van der Waals surface area contributed by atoms with Gasteiger partial charge in [0.2, 0.25) is 5.95 Å². The van der Waals surface area contributed by atoms with Crippen molar-refractivity contribution in [3.63, 3.8) is 0 Å². The zero-order chi connectivity index (χ0) is 19.4. The molecule has 1 amide bonds. The summed E-state index contributed by atoms with van der Waals surface area (Å²) < 4.78 is 12.1. The number of nitrogens with zero attached hydrogens (tertiary/aromatic N) is 2. The topological polar surface area (TPSA) is 89.2 Å². The van der Waals surface area contributed by atoms with Crippen molar-refractivity contribution in [2.75, 3.05) is 18.2 Å². The first kappa shape index (κ1) is 18.8. The van der Waals surface area contributed by atoms with Crippen molar-refractivity contribution in [3.8, 4) is 5.75 Å². The lowest BCUT2D eigenvalue weighted by atomic mass is 10.2. The zero-order valence-corrected chi connectivity index (χ0v) is 16.1. The van der Waals surface area contributed by atoms with Gasteiger partial charge in [0, 0.05) is 4.90 Å². The Morgan fingerprint density at radius 1 is 1.30 bits per heavy atom. The van der Waals surface area contributed by atoms with E-state index in [1.54, 1.807) is 30.8 Å². The van der Waals surface area contributed by atoms with Crippen LogP contribution < -0.4 is 10.1 Å². The third kappa shape index (κ3) is 4.06. The van der Waals surface area contributed by atoms with Gasteiger partial charge in [0.05, 0.1) is 17.6 Å². The van der Waals surface area contributed by atoms with Crippen LogP contribution in [0.25, 0.3) is 11.0 Å². The van der Waals surface area contributed by atoms with E-state index in [0.717, 1.165) is 10.5 Å². The highest BCUT2D eigenvalue weighted by molar-refractivity contribution is 7.98. The molecule has 27 heavy (non-hydrogen) atoms. The molecule has 2 N–H and O–H groups in total. The highest BCUT2D eigenvalue weighted by Crippen LogP contribution is 2.25. The third-order valence-corrected chi connectivity index (χ3v) is 4.73. The fraction of sp³-hybridized carbons (Fsp3) is 0.211. The molecule has 8 heteroatoms. The Balaban J connectivity index is 1.95. The highest BCUT2D eigenvalue weighted by atomic mass is 32.2. The molecular weight excluding hydrogens is 364 g/mol. The van der Waals surface area contributed by atoms with Crippen LogP contribution in [-0.4, -0.2) is 34.5 Å². The van der Waals surface area contributed by atoms with Gasteiger partial charge in [-0.2, -0.15) is 0 Å². The van der Waals surface area contributed by atoms with Crippen LogP contribution in [0.2, 0.25) is 0 Å². The van der Waals surface area contributed by atoms with Crippen molar-refractivity contribution in [3.05, 3.63) is 48.0 Å². The van der Waals surface area contributed by atoms with E-state index in [2.05, 4.69) is 10.3 Å². The number of carbonyl (C=O) groups excluding carboxylic acids is 1. The minimum atomic E-state index is -0.637. The van der Waals surface area contributed by atoms with Gasteiger partial charge in [0.25, 0.3) is 0 Å². The largest absolute Gasteiger partial charge is 0.450 e. The van der Waals surface area contributed by atoms with Crippen LogP contribution >= 0.6 is 11.8 Å². The number of carbonyl (C=O) groups is 1. The predicted molar refractivity (Wildman–Crippen MR) is 107 cm³/mol. The number of benzene rings is 2. The molecule has 3 aromatic rings. The van der Waals surface area contributed by atoms with E-state index < -0.39 is 6.09 Å². The van der Waals surface area contributed by atoms with Gasteiger partial charge in [-0.25, -0.2) is 14.3 Å². The zero-order valence-electron chi connectivity index (χ0n) is 15.3. The minimum absolute atomic E-state index is 0.164. The van der Waals surface area contributed by atoms with Crippen LogP contribution in [0.15, 0.2) is 47.4 Å². The summed E-state index contributed by atoms with van der Waals surface area (Å²) in [5.41, 5.74) is 2.34. The van der Waals surface area contributed by atoms with Crippen molar-refractivity contribution in [1.82, 2.24) is 9.55 Å². The first-order valence-corrected chi connectivity index (χ1v) is 9.58. The van der Waals surface area contributed by atoms with Crippen LogP contribution in [0.5, 0.6) is 5.75 Å². The molecular formula is C19H20N4O3S. The fourth-order valence-electron chi connectivity index (χ4n) is 2.65. The average Bonchev–Trinajstić information content (AvgIpc) is 2.99. The molecule has 7 nitrogen and oxygen atoms in total. The number of thioether (sulfide) groups is 1. The molecule has 0 bridgehead atoms. The Morgan fingerprint density at radius 3 is 2.78 bits per heavy atom. The molecule has 1 heterocycles. The quantitative estimate of drug-likeness (QED) is 0.393. The smallest absolute Gasteiger partial charge is 0.413 e. The van der Waals surface area contributed by atoms with Crippen LogP contribution in [-0.2, 0) is 4.74 Å². The van der Waals surface area contributed by atoms with Crippen molar-refractivity contribution >= 4 is 40.9 Å². The van der Waals surface area contributed by atoms with Crippen LogP contribution in [0, 0.1) is 12.3 Å². The molecule has 2 aromatic carbocycles. The summed E-state index contributed by atoms with van der Waals surface area (Å²) >= 11 is 1.65. The maximum Gasteiger partial charge on any atom is 0.413 e. The first-order valence-electron chi connectivity index (χ1n) is 8.36. The summed E-state index contributed by atoms with van der Waals surface area (Å²) in [4.78, 5) is 17.4. The second-order valence-electron chi connectivity index (χ2n) is 5.64. The molecule has 0 fully saturated rings. The van der Waals surface area contributed by atoms with Gasteiger partial charge in [-0.15, -0.1) is 11.8 Å². The van der Waals surface area contributed by atoms with Gasteiger partial charge in [-0.05, 0) is 56.0 Å². The number of aromatic nitrogens is 2. The maximum absolute atomic E-state index is 11.8. The highest BCUT2D eigenvalue weighted by Gasteiger charge is 2.18. The normalized spacial score (nSPS) is 10.6. The van der Waals surface area contributed by atoms with Crippen molar-refractivity contribution in [2.24, 2.45) is 0 Å². The summed E-state index contributed by atoms with van der Waals surface area (Å²) in [7, 11) is 0. The number of hydrogen-bond acceptors (Lipinski definition) is 6. The van der Waals surface area contributed by atoms with Crippen LogP contribution in [0.3, 0.4) is 0 Å². The molecule has 0 atom stereocenters. The molecule has 3 rings (SSSR count). The Labute approximate surface area is 161 Å². The van der Waals surface area contributed by atoms with Gasteiger partial charge >= 0.3 is 12.1 Å². The van der Waals surface area contributed by atoms with E-state index in [0.29, 0.717) is 16.8 Å². The summed E-state index contributed by atoms with van der Waals surface area (Å²) in [5, 5.41) is 11.0. The number of nitrogens with one attached hydrogen (secondary N) is 2. The van der Waals surface area contributed by atoms with Crippen molar-refractivity contribution in [1.29, 1.82) is 5.41 Å². The molecule has 0 saturated carbocycles. The second-order valence-corrected chi connectivity index (χ2v) is 6.49. The SMILES string of the molecule is CCOC(=O)Nc1nc2ccccc2n1C(=N)Oc1ccc(SC)c(C)c1. The number of ether oxygens (including phenoxy) is 2. The van der Waals surface area contributed by atoms with Crippen LogP contribution in [0.1, 0.15) is 12.5 Å². The van der Waals surface area contributed by atoms with Crippen molar-refractivity contribution < 1.29 is 14.3 Å². The number of fused-ring (bicyclic) bond motifs is 1. The van der Waals surface area contributed by atoms with Crippen molar-refractivity contribution in [2.45, 2.75) is 18.7 Å². The van der Waals surface area contributed by atoms with E-state index in [1.165, 1.54) is 4.57 Å². The first-order chi connectivity index (χ1) is 13.0. The molecule has 140 valence electrons. The third-order valence-electron chi connectivity index (χ3n) is 3.83. The lowest BCUT2D eigenvalue weighted by Crippen LogP contribution is -2.23. The molecule has 1 aromatic heterocycles. The average molecular weight is 384 g/mol. The Bertz CT molecular complexity index is 1000. The van der Waals surface area contributed by atoms with Gasteiger partial charge < -0.3 is 9.47 Å². The Hall–Kier alpha value is -3.00. The Morgan fingerprint density at radius 2 is 2.07 bits per heavy atom. The number of hydrogen-bond donors (Lipinski definition) is 2. The molecule has 0 aliphatic heterocycles. The molecule has 0 saturated heterocycles. The summed E-state index contributed by atoms with van der Waals surface area (Å²) in [6, 6.07) is 12.7. The van der Waals surface area contributed by atoms with E-state index >= 15 is 0 Å². The Kier molecular flexibility index (Phi) is 5.66. The molecule has 0 spiro atoms. The van der Waals surface area contributed by atoms with Gasteiger partial charge in [-0.3, -0.25) is 10.7 Å². The summed E-state index contributed by atoms with van der Waals surface area (Å²) in [6.07, 6.45) is 1.37. The number of aryl methyl sites for hydroxylation is 1. The predicted octanol–water partition coefficient (Wildman–Crippen LogP) is 4.50. The van der Waals surface area contributed by atoms with E-state index in [-0.39, 0.29) is 18.6 Å². The van der Waals surface area contributed by atoms with E-state index in [4.69, 9.17) is 14.9 Å². The number of anilines is 1. The number of imidazole rings is 1. The number of rotatable bonds is 4. The lowest BCUT2D eigenvalue weighted by Gasteiger charge is -2.13. The van der Waals surface area contributed by atoms with Gasteiger partial charge in [0.15, 0.2) is 0 Å². The maximum atomic E-state index is 11.8. The molecule has 0 aliphatic rings. The summed E-state index contributed by atoms with van der Waals surface area (Å²) in [6.45, 7) is 3.94. The number of para-hydroxylation sites is 2.